The van der Waals surface area contributed by atoms with Gasteiger partial charge in [0.05, 0.1) is 23.7 Å². The minimum atomic E-state index is -4.87. The van der Waals surface area contributed by atoms with Gasteiger partial charge in [0.2, 0.25) is 16.1 Å². The van der Waals surface area contributed by atoms with E-state index in [1.165, 1.54) is 22.5 Å². The first-order valence-corrected chi connectivity index (χ1v) is 11.3. The predicted molar refractivity (Wildman–Crippen MR) is 103 cm³/mol. The Morgan fingerprint density at radius 3 is 2.55 bits per heavy atom. The average molecular weight is 487 g/mol. The number of sulfonamides is 1. The third kappa shape index (κ3) is 5.43. The summed E-state index contributed by atoms with van der Waals surface area (Å²) in [7, 11) is -3.81. The van der Waals surface area contributed by atoms with Crippen LogP contribution in [0.15, 0.2) is 29.2 Å². The summed E-state index contributed by atoms with van der Waals surface area (Å²) >= 11 is 5.91. The van der Waals surface area contributed by atoms with Gasteiger partial charge in [-0.1, -0.05) is 17.7 Å². The molecule has 1 atom stereocenters. The van der Waals surface area contributed by atoms with Crippen molar-refractivity contribution in [3.05, 3.63) is 29.3 Å². The number of alkyl halides is 3. The Kier molecular flexibility index (Phi) is 7.06. The van der Waals surface area contributed by atoms with Crippen LogP contribution in [0, 0.1) is 0 Å². The van der Waals surface area contributed by atoms with Crippen LogP contribution in [0.3, 0.4) is 0 Å². The van der Waals surface area contributed by atoms with Gasteiger partial charge in [-0.05, 0) is 31.0 Å². The summed E-state index contributed by atoms with van der Waals surface area (Å²) in [6.45, 7) is -0.976. The summed E-state index contributed by atoms with van der Waals surface area (Å²) in [6.07, 6.45) is -8.22. The quantitative estimate of drug-likeness (QED) is 0.701. The standard InChI is InChI=1S/C18H22ClF3N2O6S/c19-13-2-1-3-14(10-13)31(27,28)24-8-9-29-17(12-24)4-6-23(7-5-17)16(26)30-15(11-25)18(20,21)22/h1-3,10,15,25H,4-9,11-12H2/t15-/m1/s1. The summed E-state index contributed by atoms with van der Waals surface area (Å²) in [5.74, 6) is 0. The fourth-order valence-corrected chi connectivity index (χ4v) is 5.39. The zero-order chi connectivity index (χ0) is 22.9. The lowest BCUT2D eigenvalue weighted by molar-refractivity contribution is -0.215. The lowest BCUT2D eigenvalue weighted by Gasteiger charge is -2.46. The number of nitrogens with zero attached hydrogens (tertiary/aromatic N) is 2. The fourth-order valence-electron chi connectivity index (χ4n) is 3.59. The van der Waals surface area contributed by atoms with Gasteiger partial charge in [0.1, 0.15) is 0 Å². The van der Waals surface area contributed by atoms with Crippen molar-refractivity contribution in [1.82, 2.24) is 9.21 Å². The molecule has 174 valence electrons. The smallest absolute Gasteiger partial charge is 0.427 e. The second kappa shape index (κ2) is 9.10. The summed E-state index contributed by atoms with van der Waals surface area (Å²) in [5.41, 5.74) is -0.860. The van der Waals surface area contributed by atoms with Gasteiger partial charge in [0.15, 0.2) is 0 Å². The largest absolute Gasteiger partial charge is 0.434 e. The topological polar surface area (TPSA) is 96.4 Å². The fraction of sp³-hybridized carbons (Fsp3) is 0.611. The monoisotopic (exact) mass is 486 g/mol. The Balaban J connectivity index is 1.64. The van der Waals surface area contributed by atoms with Crippen LogP contribution in [0.5, 0.6) is 0 Å². The first-order chi connectivity index (χ1) is 14.5. The number of likely N-dealkylation sites (tertiary alicyclic amines) is 1. The zero-order valence-corrected chi connectivity index (χ0v) is 17.9. The highest BCUT2D eigenvalue weighted by atomic mass is 35.5. The van der Waals surface area contributed by atoms with Gasteiger partial charge >= 0.3 is 12.3 Å². The molecule has 2 aliphatic rings. The molecule has 2 heterocycles. The van der Waals surface area contributed by atoms with E-state index in [4.69, 9.17) is 21.4 Å². The number of aliphatic hydroxyl groups is 1. The van der Waals surface area contributed by atoms with E-state index >= 15 is 0 Å². The summed E-state index contributed by atoms with van der Waals surface area (Å²) in [4.78, 5) is 13.2. The molecule has 2 aliphatic heterocycles. The maximum Gasteiger partial charge on any atom is 0.427 e. The molecular weight excluding hydrogens is 465 g/mol. The number of amides is 1. The van der Waals surface area contributed by atoms with Crippen molar-refractivity contribution in [1.29, 1.82) is 0 Å². The molecule has 0 aromatic heterocycles. The molecule has 2 fully saturated rings. The Morgan fingerprint density at radius 2 is 1.97 bits per heavy atom. The number of halogens is 4. The molecule has 1 aromatic carbocycles. The molecule has 3 rings (SSSR count). The normalized spacial score (nSPS) is 21.1. The molecule has 0 unspecified atom stereocenters. The summed E-state index contributed by atoms with van der Waals surface area (Å²) in [6, 6.07) is 5.91. The van der Waals surface area contributed by atoms with Crippen LogP contribution in [0.1, 0.15) is 12.8 Å². The molecule has 31 heavy (non-hydrogen) atoms. The average Bonchev–Trinajstić information content (AvgIpc) is 2.71. The number of hydrogen-bond donors (Lipinski definition) is 1. The van der Waals surface area contributed by atoms with Crippen molar-refractivity contribution in [3.63, 3.8) is 0 Å². The van der Waals surface area contributed by atoms with Crippen molar-refractivity contribution in [3.8, 4) is 0 Å². The Hall–Kier alpha value is -1.60. The first kappa shape index (κ1) is 24.1. The maximum absolute atomic E-state index is 13.0. The van der Waals surface area contributed by atoms with E-state index in [-0.39, 0.29) is 55.5 Å². The third-order valence-electron chi connectivity index (χ3n) is 5.35. The SMILES string of the molecule is O=C(O[C@H](CO)C(F)(F)F)N1CCC2(CC1)CN(S(=O)(=O)c1cccc(Cl)c1)CCO2. The number of hydrogen-bond acceptors (Lipinski definition) is 6. The van der Waals surface area contributed by atoms with E-state index in [2.05, 4.69) is 4.74 Å². The molecule has 1 aromatic rings. The number of morpholine rings is 1. The Bertz CT molecular complexity index is 906. The van der Waals surface area contributed by atoms with Crippen molar-refractivity contribution >= 4 is 27.7 Å². The van der Waals surface area contributed by atoms with Crippen LogP contribution in [0.25, 0.3) is 0 Å². The number of rotatable bonds is 4. The van der Waals surface area contributed by atoms with Crippen LogP contribution in [-0.2, 0) is 19.5 Å². The van der Waals surface area contributed by atoms with Gasteiger partial charge in [0.25, 0.3) is 0 Å². The molecule has 1 amide bonds. The van der Waals surface area contributed by atoms with Gasteiger partial charge in [-0.15, -0.1) is 0 Å². The van der Waals surface area contributed by atoms with Crippen molar-refractivity contribution in [2.24, 2.45) is 0 Å². The van der Waals surface area contributed by atoms with E-state index in [0.717, 1.165) is 4.90 Å². The lowest BCUT2D eigenvalue weighted by Crippen LogP contribution is -2.58. The predicted octanol–water partition coefficient (Wildman–Crippen LogP) is 2.26. The van der Waals surface area contributed by atoms with E-state index < -0.39 is 40.6 Å². The Labute approximate surface area is 182 Å². The number of carbonyl (C=O) groups is 1. The van der Waals surface area contributed by atoms with Crippen LogP contribution in [0.4, 0.5) is 18.0 Å². The van der Waals surface area contributed by atoms with Gasteiger partial charge in [0, 0.05) is 31.2 Å². The number of piperidine rings is 1. The first-order valence-electron chi connectivity index (χ1n) is 9.50. The van der Waals surface area contributed by atoms with Crippen LogP contribution in [-0.4, -0.2) is 86.1 Å². The zero-order valence-electron chi connectivity index (χ0n) is 16.3. The van der Waals surface area contributed by atoms with E-state index in [0.29, 0.717) is 0 Å². The lowest BCUT2D eigenvalue weighted by atomic mass is 9.90. The minimum Gasteiger partial charge on any atom is -0.434 e. The third-order valence-corrected chi connectivity index (χ3v) is 7.43. The van der Waals surface area contributed by atoms with Gasteiger partial charge in [-0.25, -0.2) is 13.2 Å². The van der Waals surface area contributed by atoms with Crippen LogP contribution < -0.4 is 0 Å². The number of aliphatic hydroxyl groups excluding tert-OH is 1. The van der Waals surface area contributed by atoms with Gasteiger partial charge in [-0.3, -0.25) is 0 Å². The number of benzene rings is 1. The van der Waals surface area contributed by atoms with Crippen LogP contribution >= 0.6 is 11.6 Å². The number of carbonyl (C=O) groups excluding carboxylic acids is 1. The minimum absolute atomic E-state index is 0.0277. The molecule has 0 radical (unpaired) electrons. The summed E-state index contributed by atoms with van der Waals surface area (Å²) in [5, 5.41) is 9.11. The van der Waals surface area contributed by atoms with Crippen LogP contribution in [0.2, 0.25) is 5.02 Å². The molecule has 1 N–H and O–H groups in total. The van der Waals surface area contributed by atoms with Crippen molar-refractivity contribution in [2.75, 3.05) is 39.4 Å². The highest BCUT2D eigenvalue weighted by Crippen LogP contribution is 2.33. The van der Waals surface area contributed by atoms with Crippen molar-refractivity contribution < 1.29 is 41.0 Å². The molecule has 0 saturated carbocycles. The van der Waals surface area contributed by atoms with E-state index in [9.17, 15) is 26.4 Å². The highest BCUT2D eigenvalue weighted by Gasteiger charge is 2.46. The molecule has 8 nitrogen and oxygen atoms in total. The second-order valence-corrected chi connectivity index (χ2v) is 9.79. The van der Waals surface area contributed by atoms with Gasteiger partial charge in [-0.2, -0.15) is 17.5 Å². The molecule has 2 saturated heterocycles. The maximum atomic E-state index is 13.0. The molecule has 0 aliphatic carbocycles. The molecule has 0 bridgehead atoms. The summed E-state index contributed by atoms with van der Waals surface area (Å²) < 4.78 is 75.6. The molecule has 1 spiro atoms. The molecule has 13 heteroatoms. The van der Waals surface area contributed by atoms with Crippen molar-refractivity contribution in [2.45, 2.75) is 35.6 Å². The second-order valence-electron chi connectivity index (χ2n) is 7.41. The van der Waals surface area contributed by atoms with E-state index in [1.54, 1.807) is 6.07 Å². The molecular formula is C18H22ClF3N2O6S. The van der Waals surface area contributed by atoms with E-state index in [1.807, 2.05) is 0 Å². The number of ether oxygens (including phenoxy) is 2. The highest BCUT2D eigenvalue weighted by molar-refractivity contribution is 7.89. The Morgan fingerprint density at radius 1 is 1.29 bits per heavy atom. The van der Waals surface area contributed by atoms with Gasteiger partial charge < -0.3 is 19.5 Å².